The van der Waals surface area contributed by atoms with Gasteiger partial charge in [0.05, 0.1) is 6.54 Å². The number of benzene rings is 2. The van der Waals surface area contributed by atoms with Gasteiger partial charge < -0.3 is 5.11 Å². The SMILES string of the molecule is CC(C)=CCc1ccc(C=NCc2ccccc2)cc1O. The summed E-state index contributed by atoms with van der Waals surface area (Å²) in [6.45, 7) is 4.77. The van der Waals surface area contributed by atoms with Crippen LogP contribution in [0, 0.1) is 0 Å². The number of phenolic OH excluding ortho intramolecular Hbond substituents is 1. The van der Waals surface area contributed by atoms with Crippen LogP contribution in [0.4, 0.5) is 0 Å². The Morgan fingerprint density at radius 3 is 2.52 bits per heavy atom. The number of phenols is 1. The highest BCUT2D eigenvalue weighted by molar-refractivity contribution is 5.80. The topological polar surface area (TPSA) is 32.6 Å². The summed E-state index contributed by atoms with van der Waals surface area (Å²) in [6.07, 6.45) is 4.67. The Morgan fingerprint density at radius 1 is 1.10 bits per heavy atom. The van der Waals surface area contributed by atoms with Crippen molar-refractivity contribution in [2.75, 3.05) is 0 Å². The van der Waals surface area contributed by atoms with Gasteiger partial charge in [-0.15, -0.1) is 0 Å². The summed E-state index contributed by atoms with van der Waals surface area (Å²) >= 11 is 0. The van der Waals surface area contributed by atoms with E-state index in [2.05, 4.69) is 37.0 Å². The van der Waals surface area contributed by atoms with E-state index < -0.39 is 0 Å². The van der Waals surface area contributed by atoms with Crippen molar-refractivity contribution in [1.29, 1.82) is 0 Å². The molecule has 0 unspecified atom stereocenters. The first kappa shape index (κ1) is 15.0. The zero-order valence-electron chi connectivity index (χ0n) is 12.6. The van der Waals surface area contributed by atoms with Crippen LogP contribution in [0.5, 0.6) is 5.75 Å². The van der Waals surface area contributed by atoms with Crippen LogP contribution >= 0.6 is 0 Å². The van der Waals surface area contributed by atoms with Gasteiger partial charge in [-0.1, -0.05) is 54.1 Å². The lowest BCUT2D eigenvalue weighted by molar-refractivity contribution is 0.469. The van der Waals surface area contributed by atoms with Gasteiger partial charge in [0, 0.05) is 6.21 Å². The van der Waals surface area contributed by atoms with Crippen LogP contribution in [-0.4, -0.2) is 11.3 Å². The third kappa shape index (κ3) is 4.92. The summed E-state index contributed by atoms with van der Waals surface area (Å²) in [5.41, 5.74) is 4.29. The van der Waals surface area contributed by atoms with Gasteiger partial charge in [-0.2, -0.15) is 0 Å². The lowest BCUT2D eigenvalue weighted by Gasteiger charge is -2.03. The first-order chi connectivity index (χ1) is 10.1. The van der Waals surface area contributed by atoms with E-state index in [9.17, 15) is 5.11 Å². The van der Waals surface area contributed by atoms with Crippen molar-refractivity contribution in [3.63, 3.8) is 0 Å². The van der Waals surface area contributed by atoms with Crippen molar-refractivity contribution < 1.29 is 5.11 Å². The summed E-state index contributed by atoms with van der Waals surface area (Å²) in [5, 5.41) is 10.0. The third-order valence-electron chi connectivity index (χ3n) is 3.20. The monoisotopic (exact) mass is 279 g/mol. The molecular weight excluding hydrogens is 258 g/mol. The van der Waals surface area contributed by atoms with Crippen molar-refractivity contribution in [2.24, 2.45) is 4.99 Å². The Labute approximate surface area is 126 Å². The molecule has 2 aromatic rings. The third-order valence-corrected chi connectivity index (χ3v) is 3.20. The highest BCUT2D eigenvalue weighted by atomic mass is 16.3. The Kier molecular flexibility index (Phi) is 5.33. The molecule has 0 atom stereocenters. The lowest BCUT2D eigenvalue weighted by Crippen LogP contribution is -1.88. The van der Waals surface area contributed by atoms with Crippen LogP contribution in [0.2, 0.25) is 0 Å². The second-order valence-electron chi connectivity index (χ2n) is 5.33. The van der Waals surface area contributed by atoms with E-state index in [1.165, 1.54) is 11.1 Å². The average Bonchev–Trinajstić information content (AvgIpc) is 2.47. The molecule has 0 heterocycles. The molecule has 0 aliphatic carbocycles. The smallest absolute Gasteiger partial charge is 0.119 e. The molecule has 2 aromatic carbocycles. The first-order valence-corrected chi connectivity index (χ1v) is 7.14. The maximum absolute atomic E-state index is 10.0. The zero-order chi connectivity index (χ0) is 15.1. The molecule has 0 radical (unpaired) electrons. The fourth-order valence-electron chi connectivity index (χ4n) is 1.99. The number of allylic oxidation sites excluding steroid dienone is 2. The summed E-state index contributed by atoms with van der Waals surface area (Å²) in [5.74, 6) is 0.330. The largest absolute Gasteiger partial charge is 0.508 e. The minimum absolute atomic E-state index is 0.330. The number of nitrogens with zero attached hydrogens (tertiary/aromatic N) is 1. The van der Waals surface area contributed by atoms with Gasteiger partial charge in [0.15, 0.2) is 0 Å². The molecule has 0 bridgehead atoms. The molecule has 21 heavy (non-hydrogen) atoms. The Hall–Kier alpha value is -2.35. The predicted octanol–water partition coefficient (Wildman–Crippen LogP) is 4.52. The summed E-state index contributed by atoms with van der Waals surface area (Å²) < 4.78 is 0. The number of aromatic hydroxyl groups is 1. The average molecular weight is 279 g/mol. The Balaban J connectivity index is 2.01. The van der Waals surface area contributed by atoms with E-state index in [0.717, 1.165) is 17.5 Å². The van der Waals surface area contributed by atoms with Crippen molar-refractivity contribution >= 4 is 6.21 Å². The first-order valence-electron chi connectivity index (χ1n) is 7.14. The summed E-state index contributed by atoms with van der Waals surface area (Å²) in [7, 11) is 0. The molecule has 2 heteroatoms. The van der Waals surface area contributed by atoms with Gasteiger partial charge >= 0.3 is 0 Å². The molecule has 0 saturated carbocycles. The maximum Gasteiger partial charge on any atom is 0.119 e. The minimum atomic E-state index is 0.330. The number of rotatable bonds is 5. The molecule has 108 valence electrons. The molecular formula is C19H21NO. The van der Waals surface area contributed by atoms with Crippen LogP contribution in [0.3, 0.4) is 0 Å². The lowest BCUT2D eigenvalue weighted by atomic mass is 10.1. The maximum atomic E-state index is 10.0. The molecule has 2 rings (SSSR count). The second kappa shape index (κ2) is 7.44. The van der Waals surface area contributed by atoms with E-state index >= 15 is 0 Å². The Morgan fingerprint density at radius 2 is 1.86 bits per heavy atom. The number of hydrogen-bond acceptors (Lipinski definition) is 2. The van der Waals surface area contributed by atoms with Crippen LogP contribution in [-0.2, 0) is 13.0 Å². The molecule has 0 amide bonds. The van der Waals surface area contributed by atoms with Crippen molar-refractivity contribution in [3.8, 4) is 5.75 Å². The van der Waals surface area contributed by atoms with E-state index in [1.807, 2.05) is 30.3 Å². The standard InChI is InChI=1S/C19H21NO/c1-15(2)8-10-18-11-9-17(12-19(18)21)14-20-13-16-6-4-3-5-7-16/h3-9,11-12,14,21H,10,13H2,1-2H3. The number of aliphatic imine (C=N–C) groups is 1. The Bertz CT molecular complexity index is 638. The predicted molar refractivity (Wildman–Crippen MR) is 89.0 cm³/mol. The van der Waals surface area contributed by atoms with Gasteiger partial charge in [-0.25, -0.2) is 0 Å². The highest BCUT2D eigenvalue weighted by Crippen LogP contribution is 2.19. The van der Waals surface area contributed by atoms with Crippen LogP contribution in [0.1, 0.15) is 30.5 Å². The highest BCUT2D eigenvalue weighted by Gasteiger charge is 2.00. The van der Waals surface area contributed by atoms with E-state index in [0.29, 0.717) is 12.3 Å². The molecule has 2 nitrogen and oxygen atoms in total. The molecule has 0 saturated heterocycles. The van der Waals surface area contributed by atoms with Gasteiger partial charge in [-0.3, -0.25) is 4.99 Å². The fraction of sp³-hybridized carbons (Fsp3) is 0.211. The van der Waals surface area contributed by atoms with E-state index in [1.54, 1.807) is 12.3 Å². The zero-order valence-corrected chi connectivity index (χ0v) is 12.6. The summed E-state index contributed by atoms with van der Waals surface area (Å²) in [6, 6.07) is 15.8. The molecule has 0 spiro atoms. The fourth-order valence-corrected chi connectivity index (χ4v) is 1.99. The molecule has 0 fully saturated rings. The van der Waals surface area contributed by atoms with E-state index in [-0.39, 0.29) is 0 Å². The molecule has 0 aliphatic rings. The summed E-state index contributed by atoms with van der Waals surface area (Å²) in [4.78, 5) is 4.41. The molecule has 1 N–H and O–H groups in total. The van der Waals surface area contributed by atoms with Crippen LogP contribution in [0.25, 0.3) is 0 Å². The quantitative estimate of drug-likeness (QED) is 0.633. The van der Waals surface area contributed by atoms with Crippen molar-refractivity contribution in [1.82, 2.24) is 0 Å². The van der Waals surface area contributed by atoms with Gasteiger partial charge in [-0.05, 0) is 43.0 Å². The molecule has 0 aromatic heterocycles. The number of hydrogen-bond donors (Lipinski definition) is 1. The minimum Gasteiger partial charge on any atom is -0.508 e. The van der Waals surface area contributed by atoms with Gasteiger partial charge in [0.2, 0.25) is 0 Å². The second-order valence-corrected chi connectivity index (χ2v) is 5.33. The van der Waals surface area contributed by atoms with Gasteiger partial charge in [0.25, 0.3) is 0 Å². The normalized spacial score (nSPS) is 10.8. The van der Waals surface area contributed by atoms with Crippen LogP contribution in [0.15, 0.2) is 65.2 Å². The molecule has 0 aliphatic heterocycles. The van der Waals surface area contributed by atoms with Crippen LogP contribution < -0.4 is 0 Å². The van der Waals surface area contributed by atoms with Gasteiger partial charge in [0.1, 0.15) is 5.75 Å². The van der Waals surface area contributed by atoms with E-state index in [4.69, 9.17) is 0 Å². The van der Waals surface area contributed by atoms with Crippen molar-refractivity contribution in [3.05, 3.63) is 76.9 Å². The van der Waals surface area contributed by atoms with Crippen molar-refractivity contribution in [2.45, 2.75) is 26.8 Å².